The Labute approximate surface area is 164 Å². The molecule has 0 aliphatic heterocycles. The average molecular weight is 378 g/mol. The topological polar surface area (TPSA) is 41.6 Å². The quantitative estimate of drug-likeness (QED) is 0.597. The molecule has 0 fully saturated rings. The fourth-order valence-corrected chi connectivity index (χ4v) is 2.74. The lowest BCUT2D eigenvalue weighted by molar-refractivity contribution is 0.207. The number of amides is 2. The maximum atomic E-state index is 13.0. The summed E-state index contributed by atoms with van der Waals surface area (Å²) in [6, 6.07) is 22.8. The number of benzene rings is 3. The van der Waals surface area contributed by atoms with Gasteiger partial charge in [-0.15, -0.1) is 0 Å². The molecule has 0 aromatic heterocycles. The van der Waals surface area contributed by atoms with Gasteiger partial charge in [0.1, 0.15) is 17.3 Å². The van der Waals surface area contributed by atoms with Gasteiger partial charge in [-0.1, -0.05) is 30.3 Å². The van der Waals surface area contributed by atoms with Crippen molar-refractivity contribution in [3.05, 3.63) is 90.2 Å². The molecule has 4 nitrogen and oxygen atoms in total. The number of carbonyl (C=O) groups is 1. The van der Waals surface area contributed by atoms with Crippen molar-refractivity contribution in [3.63, 3.8) is 0 Å². The second kappa shape index (κ2) is 9.04. The van der Waals surface area contributed by atoms with E-state index in [0.717, 1.165) is 11.3 Å². The van der Waals surface area contributed by atoms with Crippen LogP contribution in [0.4, 0.5) is 14.9 Å². The highest BCUT2D eigenvalue weighted by atomic mass is 19.1. The Bertz CT molecular complexity index is 896. The minimum absolute atomic E-state index is 0.0360. The number of anilines is 1. The highest BCUT2D eigenvalue weighted by Crippen LogP contribution is 2.23. The van der Waals surface area contributed by atoms with Crippen LogP contribution in [-0.2, 0) is 6.42 Å². The lowest BCUT2D eigenvalue weighted by Crippen LogP contribution is -2.39. The Morgan fingerprint density at radius 3 is 2.21 bits per heavy atom. The Morgan fingerprint density at radius 1 is 0.964 bits per heavy atom. The van der Waals surface area contributed by atoms with E-state index in [4.69, 9.17) is 4.74 Å². The predicted octanol–water partition coefficient (Wildman–Crippen LogP) is 5.71. The minimum atomic E-state index is -0.262. The summed E-state index contributed by atoms with van der Waals surface area (Å²) >= 11 is 0. The molecule has 0 saturated carbocycles. The first kappa shape index (κ1) is 19.4. The Hall–Kier alpha value is -3.34. The average Bonchev–Trinajstić information content (AvgIpc) is 2.71. The van der Waals surface area contributed by atoms with Gasteiger partial charge < -0.3 is 15.0 Å². The summed E-state index contributed by atoms with van der Waals surface area (Å²) in [5.74, 6) is 1.19. The number of nitrogens with one attached hydrogen (secondary N) is 1. The van der Waals surface area contributed by atoms with Crippen LogP contribution in [0.2, 0.25) is 0 Å². The van der Waals surface area contributed by atoms with Crippen molar-refractivity contribution in [2.75, 3.05) is 12.4 Å². The summed E-state index contributed by atoms with van der Waals surface area (Å²) in [6.45, 7) is 1.96. The van der Waals surface area contributed by atoms with Crippen molar-refractivity contribution >= 4 is 11.7 Å². The molecule has 0 aliphatic rings. The standard InChI is InChI=1S/C23H23FN2O2/c1-17(16-18-8-10-19(24)11-9-18)26(2)23(27)25-20-12-14-22(15-13-20)28-21-6-4-3-5-7-21/h3-15,17H,16H2,1-2H3,(H,25,27). The Morgan fingerprint density at radius 2 is 1.57 bits per heavy atom. The molecule has 3 aromatic rings. The molecule has 144 valence electrons. The molecule has 28 heavy (non-hydrogen) atoms. The third kappa shape index (κ3) is 5.33. The van der Waals surface area contributed by atoms with Gasteiger partial charge in [0.05, 0.1) is 0 Å². The van der Waals surface area contributed by atoms with Gasteiger partial charge in [0.25, 0.3) is 0 Å². The van der Waals surface area contributed by atoms with E-state index in [1.54, 1.807) is 36.2 Å². The number of hydrogen-bond acceptors (Lipinski definition) is 2. The Balaban J connectivity index is 1.55. The first-order chi connectivity index (χ1) is 13.5. The molecule has 3 rings (SSSR count). The first-order valence-corrected chi connectivity index (χ1v) is 9.12. The number of ether oxygens (including phenoxy) is 1. The lowest BCUT2D eigenvalue weighted by Gasteiger charge is -2.25. The summed E-state index contributed by atoms with van der Waals surface area (Å²) in [5.41, 5.74) is 1.67. The second-order valence-electron chi connectivity index (χ2n) is 6.66. The van der Waals surface area contributed by atoms with Crippen LogP contribution in [-0.4, -0.2) is 24.0 Å². The number of carbonyl (C=O) groups excluding carboxylic acids is 1. The third-order valence-corrected chi connectivity index (χ3v) is 4.51. The van der Waals surface area contributed by atoms with Crippen molar-refractivity contribution in [1.29, 1.82) is 0 Å². The van der Waals surface area contributed by atoms with Gasteiger partial charge in [-0.05, 0) is 67.4 Å². The van der Waals surface area contributed by atoms with Crippen molar-refractivity contribution in [3.8, 4) is 11.5 Å². The molecule has 5 heteroatoms. The summed E-state index contributed by atoms with van der Waals surface area (Å²) < 4.78 is 18.8. The maximum absolute atomic E-state index is 13.0. The van der Waals surface area contributed by atoms with Crippen molar-refractivity contribution in [2.45, 2.75) is 19.4 Å². The zero-order valence-corrected chi connectivity index (χ0v) is 15.9. The van der Waals surface area contributed by atoms with Gasteiger partial charge in [-0.25, -0.2) is 9.18 Å². The fourth-order valence-electron chi connectivity index (χ4n) is 2.74. The van der Waals surface area contributed by atoms with Crippen molar-refractivity contribution in [2.24, 2.45) is 0 Å². The molecule has 1 atom stereocenters. The normalized spacial score (nSPS) is 11.5. The first-order valence-electron chi connectivity index (χ1n) is 9.12. The van der Waals surface area contributed by atoms with E-state index in [-0.39, 0.29) is 17.9 Å². The SMILES string of the molecule is CC(Cc1ccc(F)cc1)N(C)C(=O)Nc1ccc(Oc2ccccc2)cc1. The lowest BCUT2D eigenvalue weighted by atomic mass is 10.1. The van der Waals surface area contributed by atoms with E-state index < -0.39 is 0 Å². The van der Waals surface area contributed by atoms with Crippen LogP contribution in [0.3, 0.4) is 0 Å². The molecule has 0 spiro atoms. The zero-order chi connectivity index (χ0) is 19.9. The van der Waals surface area contributed by atoms with Crippen LogP contribution in [0.25, 0.3) is 0 Å². The van der Waals surface area contributed by atoms with Crippen molar-refractivity contribution < 1.29 is 13.9 Å². The second-order valence-corrected chi connectivity index (χ2v) is 6.66. The molecule has 1 unspecified atom stereocenters. The molecule has 0 heterocycles. The maximum Gasteiger partial charge on any atom is 0.321 e. The highest BCUT2D eigenvalue weighted by Gasteiger charge is 2.16. The van der Waals surface area contributed by atoms with Gasteiger partial charge in [0.15, 0.2) is 0 Å². The van der Waals surface area contributed by atoms with Gasteiger partial charge in [0, 0.05) is 18.8 Å². The zero-order valence-electron chi connectivity index (χ0n) is 15.9. The number of halogens is 1. The number of likely N-dealkylation sites (N-methyl/N-ethyl adjacent to an activating group) is 1. The highest BCUT2D eigenvalue weighted by molar-refractivity contribution is 5.89. The molecule has 2 amide bonds. The number of para-hydroxylation sites is 1. The van der Waals surface area contributed by atoms with E-state index in [2.05, 4.69) is 5.32 Å². The smallest absolute Gasteiger partial charge is 0.321 e. The minimum Gasteiger partial charge on any atom is -0.457 e. The van der Waals surface area contributed by atoms with Gasteiger partial charge in [-0.2, -0.15) is 0 Å². The van der Waals surface area contributed by atoms with Gasteiger partial charge in [0.2, 0.25) is 0 Å². The van der Waals surface area contributed by atoms with E-state index in [9.17, 15) is 9.18 Å². The molecule has 3 aromatic carbocycles. The predicted molar refractivity (Wildman–Crippen MR) is 109 cm³/mol. The molecule has 0 bridgehead atoms. The van der Waals surface area contributed by atoms with E-state index >= 15 is 0 Å². The summed E-state index contributed by atoms with van der Waals surface area (Å²) in [4.78, 5) is 14.1. The number of rotatable bonds is 6. The molecule has 0 radical (unpaired) electrons. The third-order valence-electron chi connectivity index (χ3n) is 4.51. The number of hydrogen-bond donors (Lipinski definition) is 1. The van der Waals surface area contributed by atoms with Crippen LogP contribution in [0, 0.1) is 5.82 Å². The van der Waals surface area contributed by atoms with Crippen LogP contribution in [0.1, 0.15) is 12.5 Å². The summed E-state index contributed by atoms with van der Waals surface area (Å²) in [6.07, 6.45) is 0.647. The van der Waals surface area contributed by atoms with E-state index in [1.165, 1.54) is 12.1 Å². The molecule has 0 aliphatic carbocycles. The van der Waals surface area contributed by atoms with E-state index in [1.807, 2.05) is 49.4 Å². The number of nitrogens with zero attached hydrogens (tertiary/aromatic N) is 1. The van der Waals surface area contributed by atoms with Crippen LogP contribution in [0.5, 0.6) is 11.5 Å². The number of urea groups is 1. The fraction of sp³-hybridized carbons (Fsp3) is 0.174. The van der Waals surface area contributed by atoms with Crippen LogP contribution >= 0.6 is 0 Å². The van der Waals surface area contributed by atoms with Gasteiger partial charge in [-0.3, -0.25) is 0 Å². The molecule has 0 saturated heterocycles. The van der Waals surface area contributed by atoms with Gasteiger partial charge >= 0.3 is 6.03 Å². The summed E-state index contributed by atoms with van der Waals surface area (Å²) in [5, 5.41) is 2.88. The molecular formula is C23H23FN2O2. The summed E-state index contributed by atoms with van der Waals surface area (Å²) in [7, 11) is 1.75. The Kier molecular flexibility index (Phi) is 6.27. The molecule has 1 N–H and O–H groups in total. The monoisotopic (exact) mass is 378 g/mol. The van der Waals surface area contributed by atoms with Crippen LogP contribution < -0.4 is 10.1 Å². The molecular weight excluding hydrogens is 355 g/mol. The van der Waals surface area contributed by atoms with E-state index in [0.29, 0.717) is 17.9 Å². The largest absolute Gasteiger partial charge is 0.457 e. The van der Waals surface area contributed by atoms with Crippen molar-refractivity contribution in [1.82, 2.24) is 4.90 Å². The van der Waals surface area contributed by atoms with Crippen LogP contribution in [0.15, 0.2) is 78.9 Å².